The lowest BCUT2D eigenvalue weighted by Gasteiger charge is -2.07. The molecule has 0 radical (unpaired) electrons. The summed E-state index contributed by atoms with van der Waals surface area (Å²) in [4.78, 5) is 28.0. The number of benzene rings is 1. The van der Waals surface area contributed by atoms with Crippen molar-refractivity contribution in [1.82, 2.24) is 15.6 Å². The molecule has 5 nitrogen and oxygen atoms in total. The fourth-order valence-corrected chi connectivity index (χ4v) is 1.86. The van der Waals surface area contributed by atoms with E-state index in [1.165, 1.54) is 0 Å². The molecule has 1 heterocycles. The number of amides is 2. The number of carbonyl (C=O) groups is 2. The van der Waals surface area contributed by atoms with E-state index in [9.17, 15) is 9.59 Å². The summed E-state index contributed by atoms with van der Waals surface area (Å²) in [5.74, 6) is -0.468. The van der Waals surface area contributed by atoms with Gasteiger partial charge >= 0.3 is 0 Å². The molecule has 1 aromatic heterocycles. The molecule has 0 unspecified atom stereocenters. The van der Waals surface area contributed by atoms with Gasteiger partial charge in [-0.1, -0.05) is 18.2 Å². The monoisotopic (exact) mass is 295 g/mol. The number of hydrogen-bond donors (Lipinski definition) is 2. The Labute approximate surface area is 129 Å². The molecule has 0 saturated carbocycles. The van der Waals surface area contributed by atoms with Crippen molar-refractivity contribution in [3.63, 3.8) is 0 Å². The molecule has 112 valence electrons. The molecular weight excluding hydrogens is 278 g/mol. The Balaban J connectivity index is 2.00. The zero-order valence-electron chi connectivity index (χ0n) is 12.1. The van der Waals surface area contributed by atoms with Gasteiger partial charge in [0.25, 0.3) is 11.8 Å². The van der Waals surface area contributed by atoms with Gasteiger partial charge in [0.2, 0.25) is 0 Å². The van der Waals surface area contributed by atoms with Gasteiger partial charge in [-0.25, -0.2) is 0 Å². The number of rotatable bonds is 6. The second kappa shape index (κ2) is 7.73. The zero-order valence-corrected chi connectivity index (χ0v) is 12.1. The van der Waals surface area contributed by atoms with E-state index in [1.54, 1.807) is 42.7 Å². The summed E-state index contributed by atoms with van der Waals surface area (Å²) < 4.78 is 0. The average Bonchev–Trinajstić information content (AvgIpc) is 2.58. The second-order valence-electron chi connectivity index (χ2n) is 4.62. The maximum absolute atomic E-state index is 12.1. The summed E-state index contributed by atoms with van der Waals surface area (Å²) in [6.45, 7) is 4.31. The molecule has 2 amide bonds. The molecule has 2 N–H and O–H groups in total. The van der Waals surface area contributed by atoms with Crippen LogP contribution in [0.15, 0.2) is 61.4 Å². The molecule has 0 bridgehead atoms. The van der Waals surface area contributed by atoms with Gasteiger partial charge in [-0.2, -0.15) is 0 Å². The van der Waals surface area contributed by atoms with Crippen molar-refractivity contribution >= 4 is 11.8 Å². The van der Waals surface area contributed by atoms with Crippen LogP contribution in [0.25, 0.3) is 0 Å². The largest absolute Gasteiger partial charge is 0.349 e. The van der Waals surface area contributed by atoms with Crippen LogP contribution in [0.2, 0.25) is 0 Å². The average molecular weight is 295 g/mol. The van der Waals surface area contributed by atoms with E-state index >= 15 is 0 Å². The maximum Gasteiger partial charge on any atom is 0.251 e. The van der Waals surface area contributed by atoms with E-state index in [-0.39, 0.29) is 11.8 Å². The van der Waals surface area contributed by atoms with Crippen molar-refractivity contribution in [3.8, 4) is 0 Å². The highest BCUT2D eigenvalue weighted by Gasteiger charge is 2.09. The van der Waals surface area contributed by atoms with Crippen molar-refractivity contribution in [3.05, 3.63) is 78.1 Å². The topological polar surface area (TPSA) is 71.1 Å². The molecule has 0 fully saturated rings. The van der Waals surface area contributed by atoms with Crippen LogP contribution < -0.4 is 10.6 Å². The Morgan fingerprint density at radius 2 is 1.82 bits per heavy atom. The summed E-state index contributed by atoms with van der Waals surface area (Å²) in [7, 11) is 0. The molecule has 22 heavy (non-hydrogen) atoms. The van der Waals surface area contributed by atoms with Crippen molar-refractivity contribution in [2.24, 2.45) is 0 Å². The molecule has 0 spiro atoms. The third kappa shape index (κ3) is 4.28. The number of nitrogens with zero attached hydrogens (tertiary/aromatic N) is 1. The van der Waals surface area contributed by atoms with Crippen LogP contribution in [0.1, 0.15) is 26.3 Å². The fraction of sp³-hybridized carbons (Fsp3) is 0.118. The van der Waals surface area contributed by atoms with E-state index < -0.39 is 0 Å². The van der Waals surface area contributed by atoms with Crippen molar-refractivity contribution in [2.45, 2.75) is 6.54 Å². The highest BCUT2D eigenvalue weighted by molar-refractivity contribution is 5.99. The van der Waals surface area contributed by atoms with Crippen LogP contribution in [0.3, 0.4) is 0 Å². The molecule has 0 aliphatic heterocycles. The van der Waals surface area contributed by atoms with Crippen LogP contribution in [0, 0.1) is 0 Å². The van der Waals surface area contributed by atoms with Gasteiger partial charge in [-0.15, -0.1) is 6.58 Å². The normalized spacial score (nSPS) is 9.82. The number of pyridine rings is 1. The molecule has 0 aliphatic rings. The van der Waals surface area contributed by atoms with Crippen LogP contribution in [0.4, 0.5) is 0 Å². The lowest BCUT2D eigenvalue weighted by Crippen LogP contribution is -2.25. The summed E-state index contributed by atoms with van der Waals surface area (Å²) >= 11 is 0. The Morgan fingerprint density at radius 1 is 1.09 bits per heavy atom. The Morgan fingerprint density at radius 3 is 2.45 bits per heavy atom. The highest BCUT2D eigenvalue weighted by Crippen LogP contribution is 2.06. The van der Waals surface area contributed by atoms with Gasteiger partial charge in [0, 0.05) is 36.6 Å². The second-order valence-corrected chi connectivity index (χ2v) is 4.62. The van der Waals surface area contributed by atoms with Crippen LogP contribution in [0.5, 0.6) is 0 Å². The molecule has 5 heteroatoms. The first-order valence-corrected chi connectivity index (χ1v) is 6.87. The van der Waals surface area contributed by atoms with E-state index in [2.05, 4.69) is 22.2 Å². The molecule has 2 rings (SSSR count). The molecule has 0 aliphatic carbocycles. The van der Waals surface area contributed by atoms with E-state index in [1.807, 2.05) is 12.1 Å². The van der Waals surface area contributed by atoms with E-state index in [0.717, 1.165) is 5.56 Å². The quantitative estimate of drug-likeness (QED) is 0.800. The number of nitrogens with one attached hydrogen (secondary N) is 2. The zero-order chi connectivity index (χ0) is 15.8. The fourth-order valence-electron chi connectivity index (χ4n) is 1.86. The summed E-state index contributed by atoms with van der Waals surface area (Å²) in [6.07, 6.45) is 4.97. The van der Waals surface area contributed by atoms with Crippen LogP contribution in [-0.4, -0.2) is 23.3 Å². The first-order valence-electron chi connectivity index (χ1n) is 6.87. The lowest BCUT2D eigenvalue weighted by molar-refractivity contribution is 0.0951. The number of aromatic nitrogens is 1. The van der Waals surface area contributed by atoms with Gasteiger partial charge in [0.05, 0.1) is 0 Å². The predicted molar refractivity (Wildman–Crippen MR) is 84.4 cm³/mol. The van der Waals surface area contributed by atoms with Crippen LogP contribution >= 0.6 is 0 Å². The molecule has 0 saturated heterocycles. The van der Waals surface area contributed by atoms with Crippen LogP contribution in [-0.2, 0) is 6.54 Å². The Bertz CT molecular complexity index is 669. The van der Waals surface area contributed by atoms with E-state index in [0.29, 0.717) is 24.2 Å². The van der Waals surface area contributed by atoms with Gasteiger partial charge in [-0.05, 0) is 29.8 Å². The Kier molecular flexibility index (Phi) is 5.43. The molecule has 1 aromatic carbocycles. The minimum atomic E-state index is -0.234. The number of carbonyl (C=O) groups excluding carboxylic acids is 2. The minimum absolute atomic E-state index is 0.234. The van der Waals surface area contributed by atoms with Crippen molar-refractivity contribution in [2.75, 3.05) is 6.54 Å². The summed E-state index contributed by atoms with van der Waals surface area (Å²) in [5, 5.41) is 5.47. The van der Waals surface area contributed by atoms with Crippen molar-refractivity contribution < 1.29 is 9.59 Å². The van der Waals surface area contributed by atoms with Gasteiger partial charge < -0.3 is 10.6 Å². The lowest BCUT2D eigenvalue weighted by atomic mass is 10.1. The third-order valence-electron chi connectivity index (χ3n) is 2.97. The third-order valence-corrected chi connectivity index (χ3v) is 2.97. The predicted octanol–water partition coefficient (Wildman–Crippen LogP) is 1.93. The minimum Gasteiger partial charge on any atom is -0.349 e. The standard InChI is InChI=1S/C17H17N3O2/c1-2-8-19-16(21)14-6-3-7-15(10-14)17(22)20-12-13-5-4-9-18-11-13/h2-7,9-11H,1,8,12H2,(H,19,21)(H,20,22). The first-order chi connectivity index (χ1) is 10.7. The van der Waals surface area contributed by atoms with Gasteiger partial charge in [0.1, 0.15) is 0 Å². The Hall–Kier alpha value is -2.95. The van der Waals surface area contributed by atoms with Gasteiger partial charge in [-0.3, -0.25) is 14.6 Å². The summed E-state index contributed by atoms with van der Waals surface area (Å²) in [5.41, 5.74) is 1.79. The molecular formula is C17H17N3O2. The smallest absolute Gasteiger partial charge is 0.251 e. The number of hydrogen-bond acceptors (Lipinski definition) is 3. The summed E-state index contributed by atoms with van der Waals surface area (Å²) in [6, 6.07) is 10.3. The maximum atomic E-state index is 12.1. The van der Waals surface area contributed by atoms with Crippen molar-refractivity contribution in [1.29, 1.82) is 0 Å². The van der Waals surface area contributed by atoms with E-state index in [4.69, 9.17) is 0 Å². The molecule has 2 aromatic rings. The SMILES string of the molecule is C=CCNC(=O)c1cccc(C(=O)NCc2cccnc2)c1. The first kappa shape index (κ1) is 15.4. The van der Waals surface area contributed by atoms with Gasteiger partial charge in [0.15, 0.2) is 0 Å². The highest BCUT2D eigenvalue weighted by atomic mass is 16.2. The molecule has 0 atom stereocenters.